The lowest BCUT2D eigenvalue weighted by Gasteiger charge is -2.14. The average Bonchev–Trinajstić information content (AvgIpc) is 2.69. The van der Waals surface area contributed by atoms with Crippen LogP contribution in [-0.2, 0) is 0 Å². The first kappa shape index (κ1) is 13.3. The Bertz CT molecular complexity index is 481. The van der Waals surface area contributed by atoms with Crippen LogP contribution in [0.15, 0.2) is 16.6 Å². The van der Waals surface area contributed by atoms with E-state index in [4.69, 9.17) is 5.73 Å². The molecule has 4 nitrogen and oxygen atoms in total. The highest BCUT2D eigenvalue weighted by Gasteiger charge is 2.22. The van der Waals surface area contributed by atoms with Gasteiger partial charge < -0.3 is 16.0 Å². The van der Waals surface area contributed by atoms with E-state index in [0.717, 1.165) is 19.5 Å². The molecule has 1 fully saturated rings. The second-order valence-corrected chi connectivity index (χ2v) is 5.43. The third-order valence-electron chi connectivity index (χ3n) is 3.06. The number of halogens is 2. The average molecular weight is 316 g/mol. The third-order valence-corrected chi connectivity index (χ3v) is 3.71. The van der Waals surface area contributed by atoms with E-state index in [2.05, 4.69) is 26.1 Å². The Morgan fingerprint density at radius 3 is 2.94 bits per heavy atom. The maximum atomic E-state index is 13.2. The minimum Gasteiger partial charge on any atom is -0.396 e. The van der Waals surface area contributed by atoms with Gasteiger partial charge in [0.1, 0.15) is 5.82 Å². The van der Waals surface area contributed by atoms with E-state index in [-0.39, 0.29) is 17.6 Å². The molecule has 1 amide bonds. The van der Waals surface area contributed by atoms with Crippen molar-refractivity contribution in [1.29, 1.82) is 0 Å². The largest absolute Gasteiger partial charge is 0.396 e. The van der Waals surface area contributed by atoms with Crippen molar-refractivity contribution in [3.63, 3.8) is 0 Å². The lowest BCUT2D eigenvalue weighted by Crippen LogP contribution is -2.36. The molecule has 1 heterocycles. The molecule has 0 radical (unpaired) electrons. The molecule has 1 aromatic carbocycles. The molecule has 1 saturated heterocycles. The molecule has 1 atom stereocenters. The van der Waals surface area contributed by atoms with Crippen molar-refractivity contribution in [2.45, 2.75) is 12.5 Å². The lowest BCUT2D eigenvalue weighted by molar-refractivity contribution is 0.0937. The number of nitrogens with zero attached hydrogens (tertiary/aromatic N) is 1. The maximum absolute atomic E-state index is 13.2. The van der Waals surface area contributed by atoms with Crippen LogP contribution in [0.1, 0.15) is 16.8 Å². The van der Waals surface area contributed by atoms with Crippen LogP contribution >= 0.6 is 15.9 Å². The van der Waals surface area contributed by atoms with Crippen LogP contribution in [0.5, 0.6) is 0 Å². The van der Waals surface area contributed by atoms with Crippen molar-refractivity contribution in [1.82, 2.24) is 10.2 Å². The molecule has 1 aliphatic heterocycles. The van der Waals surface area contributed by atoms with Gasteiger partial charge in [-0.1, -0.05) is 0 Å². The van der Waals surface area contributed by atoms with Gasteiger partial charge in [-0.25, -0.2) is 4.39 Å². The fraction of sp³-hybridized carbons (Fsp3) is 0.417. The topological polar surface area (TPSA) is 58.4 Å². The highest BCUT2D eigenvalue weighted by molar-refractivity contribution is 9.10. The summed E-state index contributed by atoms with van der Waals surface area (Å²) in [5.41, 5.74) is 5.82. The van der Waals surface area contributed by atoms with Gasteiger partial charge in [0, 0.05) is 17.1 Å². The summed E-state index contributed by atoms with van der Waals surface area (Å²) in [7, 11) is 2.01. The van der Waals surface area contributed by atoms with Crippen LogP contribution in [0, 0.1) is 5.82 Å². The minimum atomic E-state index is -0.529. The Kier molecular flexibility index (Phi) is 3.87. The summed E-state index contributed by atoms with van der Waals surface area (Å²) in [6, 6.07) is 2.71. The third kappa shape index (κ3) is 2.81. The molecule has 0 spiro atoms. The van der Waals surface area contributed by atoms with Crippen molar-refractivity contribution in [2.24, 2.45) is 0 Å². The summed E-state index contributed by atoms with van der Waals surface area (Å²) in [6.45, 7) is 1.80. The number of benzene rings is 1. The smallest absolute Gasteiger partial charge is 0.252 e. The van der Waals surface area contributed by atoms with Crippen LogP contribution in [-0.4, -0.2) is 37.0 Å². The zero-order valence-electron chi connectivity index (χ0n) is 10.0. The standard InChI is InChI=1S/C12H15BrFN3O/c1-17-3-2-7(6-17)16-12(18)8-4-11(15)10(14)5-9(8)13/h4-5,7H,2-3,6,15H2,1H3,(H,16,18). The van der Waals surface area contributed by atoms with Gasteiger partial charge in [0.2, 0.25) is 0 Å². The van der Waals surface area contributed by atoms with Gasteiger partial charge in [0.15, 0.2) is 0 Å². The van der Waals surface area contributed by atoms with Crippen molar-refractivity contribution >= 4 is 27.5 Å². The summed E-state index contributed by atoms with van der Waals surface area (Å²) >= 11 is 3.18. The molecule has 1 aromatic rings. The molecule has 98 valence electrons. The molecule has 0 saturated carbocycles. The number of hydrogen-bond acceptors (Lipinski definition) is 3. The molecular formula is C12H15BrFN3O. The number of nitrogen functional groups attached to an aromatic ring is 1. The predicted molar refractivity (Wildman–Crippen MR) is 71.9 cm³/mol. The normalized spacial score (nSPS) is 20.1. The molecule has 1 unspecified atom stereocenters. The number of amides is 1. The van der Waals surface area contributed by atoms with Crippen LogP contribution in [0.2, 0.25) is 0 Å². The summed E-state index contributed by atoms with van der Waals surface area (Å²) in [5.74, 6) is -0.757. The van der Waals surface area contributed by atoms with Crippen LogP contribution in [0.3, 0.4) is 0 Å². The number of likely N-dealkylation sites (N-methyl/N-ethyl adjacent to an activating group) is 1. The van der Waals surface area contributed by atoms with E-state index in [9.17, 15) is 9.18 Å². The van der Waals surface area contributed by atoms with Gasteiger partial charge in [-0.05, 0) is 48.1 Å². The molecule has 0 bridgehead atoms. The number of rotatable bonds is 2. The van der Waals surface area contributed by atoms with E-state index in [1.165, 1.54) is 12.1 Å². The van der Waals surface area contributed by atoms with Crippen molar-refractivity contribution < 1.29 is 9.18 Å². The lowest BCUT2D eigenvalue weighted by atomic mass is 10.1. The number of nitrogens with two attached hydrogens (primary N) is 1. The fourth-order valence-corrected chi connectivity index (χ4v) is 2.55. The molecule has 1 aliphatic rings. The quantitative estimate of drug-likeness (QED) is 0.815. The monoisotopic (exact) mass is 315 g/mol. The Hall–Kier alpha value is -1.14. The van der Waals surface area contributed by atoms with Crippen LogP contribution in [0.25, 0.3) is 0 Å². The van der Waals surface area contributed by atoms with E-state index in [1.54, 1.807) is 0 Å². The van der Waals surface area contributed by atoms with Gasteiger partial charge in [-0.15, -0.1) is 0 Å². The molecular weight excluding hydrogens is 301 g/mol. The fourth-order valence-electron chi connectivity index (χ4n) is 2.06. The first-order valence-corrected chi connectivity index (χ1v) is 6.50. The van der Waals surface area contributed by atoms with Crippen molar-refractivity contribution in [3.8, 4) is 0 Å². The van der Waals surface area contributed by atoms with E-state index >= 15 is 0 Å². The zero-order valence-corrected chi connectivity index (χ0v) is 11.6. The maximum Gasteiger partial charge on any atom is 0.252 e. The second kappa shape index (κ2) is 5.24. The summed E-state index contributed by atoms with van der Waals surface area (Å²) < 4.78 is 13.6. The van der Waals surface area contributed by atoms with E-state index in [0.29, 0.717) is 10.0 Å². The summed E-state index contributed by atoms with van der Waals surface area (Å²) in [6.07, 6.45) is 0.927. The molecule has 18 heavy (non-hydrogen) atoms. The Labute approximate surface area is 113 Å². The van der Waals surface area contributed by atoms with Crippen LogP contribution < -0.4 is 11.1 Å². The number of carbonyl (C=O) groups is 1. The van der Waals surface area contributed by atoms with Gasteiger partial charge in [0.25, 0.3) is 5.91 Å². The summed E-state index contributed by atoms with van der Waals surface area (Å²) in [4.78, 5) is 14.2. The van der Waals surface area contributed by atoms with Gasteiger partial charge >= 0.3 is 0 Å². The van der Waals surface area contributed by atoms with Crippen molar-refractivity contribution in [3.05, 3.63) is 28.0 Å². The zero-order chi connectivity index (χ0) is 13.3. The second-order valence-electron chi connectivity index (χ2n) is 4.57. The SMILES string of the molecule is CN1CCC(NC(=O)c2cc(N)c(F)cc2Br)C1. The van der Waals surface area contributed by atoms with Gasteiger partial charge in [0.05, 0.1) is 11.3 Å². The minimum absolute atomic E-state index is 0.0214. The Morgan fingerprint density at radius 2 is 2.33 bits per heavy atom. The first-order chi connectivity index (χ1) is 8.47. The molecule has 2 rings (SSSR count). The number of anilines is 1. The van der Waals surface area contributed by atoms with Gasteiger partial charge in [-0.2, -0.15) is 0 Å². The number of nitrogens with one attached hydrogen (secondary N) is 1. The van der Waals surface area contributed by atoms with Gasteiger partial charge in [-0.3, -0.25) is 4.79 Å². The molecule has 3 N–H and O–H groups in total. The molecule has 6 heteroatoms. The number of likely N-dealkylation sites (tertiary alicyclic amines) is 1. The van der Waals surface area contributed by atoms with Crippen LogP contribution in [0.4, 0.5) is 10.1 Å². The highest BCUT2D eigenvalue weighted by atomic mass is 79.9. The Balaban J connectivity index is 2.11. The van der Waals surface area contributed by atoms with Crippen molar-refractivity contribution in [2.75, 3.05) is 25.9 Å². The number of hydrogen-bond donors (Lipinski definition) is 2. The predicted octanol–water partition coefficient (Wildman–Crippen LogP) is 1.60. The Morgan fingerprint density at radius 1 is 1.61 bits per heavy atom. The molecule has 0 aromatic heterocycles. The molecule has 0 aliphatic carbocycles. The van der Waals surface area contributed by atoms with E-state index < -0.39 is 5.82 Å². The first-order valence-electron chi connectivity index (χ1n) is 5.71. The summed E-state index contributed by atoms with van der Waals surface area (Å²) in [5, 5.41) is 2.92. The van der Waals surface area contributed by atoms with E-state index in [1.807, 2.05) is 7.05 Å². The highest BCUT2D eigenvalue weighted by Crippen LogP contribution is 2.23. The number of carbonyl (C=O) groups excluding carboxylic acids is 1.